The first kappa shape index (κ1) is 11.6. The van der Waals surface area contributed by atoms with Gasteiger partial charge >= 0.3 is 0 Å². The largest absolute Gasteiger partial charge is 0.495 e. The van der Waals surface area contributed by atoms with Crippen molar-refractivity contribution in [3.05, 3.63) is 66.7 Å². The Morgan fingerprint density at radius 1 is 0.737 bits per heavy atom. The van der Waals surface area contributed by atoms with Crippen molar-refractivity contribution in [2.75, 3.05) is 12.4 Å². The highest BCUT2D eigenvalue weighted by Crippen LogP contribution is 2.30. The second-order valence-electron chi connectivity index (χ2n) is 4.35. The molecule has 0 aliphatic carbocycles. The van der Waals surface area contributed by atoms with Crippen molar-refractivity contribution in [1.29, 1.82) is 0 Å². The predicted octanol–water partition coefficient (Wildman–Crippen LogP) is 4.59. The van der Waals surface area contributed by atoms with Crippen LogP contribution in [0.4, 0.5) is 11.4 Å². The second-order valence-corrected chi connectivity index (χ2v) is 4.35. The van der Waals surface area contributed by atoms with Gasteiger partial charge in [-0.25, -0.2) is 0 Å². The van der Waals surface area contributed by atoms with E-state index >= 15 is 0 Å². The number of benzene rings is 3. The minimum absolute atomic E-state index is 0.843. The molecule has 0 aromatic heterocycles. The topological polar surface area (TPSA) is 21.3 Å². The van der Waals surface area contributed by atoms with Crippen LogP contribution < -0.4 is 10.1 Å². The van der Waals surface area contributed by atoms with Crippen LogP contribution in [0.1, 0.15) is 0 Å². The fourth-order valence-corrected chi connectivity index (χ4v) is 2.23. The fraction of sp³-hybridized carbons (Fsp3) is 0.0588. The molecule has 3 aromatic rings. The number of rotatable bonds is 3. The highest BCUT2D eigenvalue weighted by atomic mass is 16.5. The maximum Gasteiger partial charge on any atom is 0.142 e. The van der Waals surface area contributed by atoms with E-state index in [1.54, 1.807) is 7.11 Å². The van der Waals surface area contributed by atoms with Gasteiger partial charge in [0.1, 0.15) is 5.75 Å². The maximum atomic E-state index is 5.37. The number of hydrogen-bond donors (Lipinski definition) is 1. The molecule has 0 radical (unpaired) electrons. The van der Waals surface area contributed by atoms with Gasteiger partial charge in [0.25, 0.3) is 0 Å². The third-order valence-electron chi connectivity index (χ3n) is 3.17. The molecule has 3 rings (SSSR count). The van der Waals surface area contributed by atoms with Gasteiger partial charge in [-0.1, -0.05) is 48.5 Å². The Morgan fingerprint density at radius 3 is 2.32 bits per heavy atom. The van der Waals surface area contributed by atoms with Crippen LogP contribution in [0.3, 0.4) is 0 Å². The summed E-state index contributed by atoms with van der Waals surface area (Å²) in [6.45, 7) is 0. The zero-order chi connectivity index (χ0) is 13.1. The molecule has 0 bridgehead atoms. The average molecular weight is 249 g/mol. The van der Waals surface area contributed by atoms with Gasteiger partial charge in [-0.2, -0.15) is 0 Å². The quantitative estimate of drug-likeness (QED) is 0.733. The lowest BCUT2D eigenvalue weighted by molar-refractivity contribution is 0.417. The van der Waals surface area contributed by atoms with Gasteiger partial charge in [-0.15, -0.1) is 0 Å². The Labute approximate surface area is 112 Å². The minimum Gasteiger partial charge on any atom is -0.495 e. The van der Waals surface area contributed by atoms with Crippen LogP contribution in [-0.2, 0) is 0 Å². The van der Waals surface area contributed by atoms with Crippen LogP contribution in [0.5, 0.6) is 5.75 Å². The highest BCUT2D eigenvalue weighted by molar-refractivity contribution is 5.95. The molecule has 94 valence electrons. The molecule has 2 heteroatoms. The van der Waals surface area contributed by atoms with E-state index in [-0.39, 0.29) is 0 Å². The average Bonchev–Trinajstić information content (AvgIpc) is 2.48. The summed E-state index contributed by atoms with van der Waals surface area (Å²) in [5.74, 6) is 0.843. The SMILES string of the molecule is COc1ccccc1Nc1cccc2ccccc12. The van der Waals surface area contributed by atoms with Gasteiger partial charge < -0.3 is 10.1 Å². The summed E-state index contributed by atoms with van der Waals surface area (Å²) in [5, 5.41) is 5.87. The lowest BCUT2D eigenvalue weighted by atomic mass is 10.1. The Balaban J connectivity index is 2.06. The van der Waals surface area contributed by atoms with E-state index in [1.807, 2.05) is 24.3 Å². The first-order chi connectivity index (χ1) is 9.38. The number of fused-ring (bicyclic) bond motifs is 1. The van der Waals surface area contributed by atoms with E-state index in [1.165, 1.54) is 10.8 Å². The molecule has 0 saturated heterocycles. The molecule has 19 heavy (non-hydrogen) atoms. The van der Waals surface area contributed by atoms with Crippen molar-refractivity contribution >= 4 is 22.1 Å². The van der Waals surface area contributed by atoms with E-state index in [9.17, 15) is 0 Å². The highest BCUT2D eigenvalue weighted by Gasteiger charge is 2.04. The van der Waals surface area contributed by atoms with Crippen LogP contribution >= 0.6 is 0 Å². The molecular weight excluding hydrogens is 234 g/mol. The summed E-state index contributed by atoms with van der Waals surface area (Å²) in [7, 11) is 1.68. The number of anilines is 2. The van der Waals surface area contributed by atoms with Crippen LogP contribution in [-0.4, -0.2) is 7.11 Å². The number of nitrogens with one attached hydrogen (secondary N) is 1. The Hall–Kier alpha value is -2.48. The summed E-state index contributed by atoms with van der Waals surface area (Å²) in [6.07, 6.45) is 0. The van der Waals surface area contributed by atoms with Crippen molar-refractivity contribution in [1.82, 2.24) is 0 Å². The van der Waals surface area contributed by atoms with Crippen LogP contribution in [0, 0.1) is 0 Å². The summed E-state index contributed by atoms with van der Waals surface area (Å²) < 4.78 is 5.37. The monoisotopic (exact) mass is 249 g/mol. The zero-order valence-corrected chi connectivity index (χ0v) is 10.8. The van der Waals surface area contributed by atoms with Crippen LogP contribution in [0.2, 0.25) is 0 Å². The van der Waals surface area contributed by atoms with E-state index in [0.717, 1.165) is 17.1 Å². The van der Waals surface area contributed by atoms with Crippen molar-refractivity contribution < 1.29 is 4.74 Å². The Kier molecular flexibility index (Phi) is 3.07. The van der Waals surface area contributed by atoms with Crippen molar-refractivity contribution in [3.63, 3.8) is 0 Å². The third-order valence-corrected chi connectivity index (χ3v) is 3.17. The van der Waals surface area contributed by atoms with Crippen LogP contribution in [0.15, 0.2) is 66.7 Å². The van der Waals surface area contributed by atoms with Crippen molar-refractivity contribution in [3.8, 4) is 5.75 Å². The number of ether oxygens (including phenoxy) is 1. The molecule has 0 unspecified atom stereocenters. The molecule has 0 spiro atoms. The Bertz CT molecular complexity index is 701. The number of methoxy groups -OCH3 is 1. The molecule has 0 amide bonds. The molecular formula is C17H15NO. The Morgan fingerprint density at radius 2 is 1.42 bits per heavy atom. The molecule has 1 N–H and O–H groups in total. The van der Waals surface area contributed by atoms with E-state index in [2.05, 4.69) is 47.8 Å². The second kappa shape index (κ2) is 5.02. The molecule has 0 heterocycles. The molecule has 0 aliphatic heterocycles. The first-order valence-electron chi connectivity index (χ1n) is 6.26. The van der Waals surface area contributed by atoms with Gasteiger partial charge in [-0.05, 0) is 23.6 Å². The molecule has 3 aromatic carbocycles. The van der Waals surface area contributed by atoms with E-state index in [4.69, 9.17) is 4.74 Å². The summed E-state index contributed by atoms with van der Waals surface area (Å²) in [6, 6.07) is 22.5. The van der Waals surface area contributed by atoms with Crippen LogP contribution in [0.25, 0.3) is 10.8 Å². The van der Waals surface area contributed by atoms with Gasteiger partial charge in [0, 0.05) is 11.1 Å². The number of para-hydroxylation sites is 2. The molecule has 0 saturated carbocycles. The summed E-state index contributed by atoms with van der Waals surface area (Å²) in [5.41, 5.74) is 2.06. The number of hydrogen-bond acceptors (Lipinski definition) is 2. The molecule has 2 nitrogen and oxygen atoms in total. The first-order valence-corrected chi connectivity index (χ1v) is 6.26. The smallest absolute Gasteiger partial charge is 0.142 e. The standard InChI is InChI=1S/C17H15NO/c1-19-17-12-5-4-10-16(17)18-15-11-6-8-13-7-2-3-9-14(13)15/h2-12,18H,1H3. The minimum atomic E-state index is 0.843. The van der Waals surface area contributed by atoms with Crippen molar-refractivity contribution in [2.24, 2.45) is 0 Å². The molecule has 0 atom stereocenters. The maximum absolute atomic E-state index is 5.37. The lowest BCUT2D eigenvalue weighted by Crippen LogP contribution is -1.94. The summed E-state index contributed by atoms with van der Waals surface area (Å²) in [4.78, 5) is 0. The molecule has 0 fully saturated rings. The lowest BCUT2D eigenvalue weighted by Gasteiger charge is -2.12. The van der Waals surface area contributed by atoms with Crippen molar-refractivity contribution in [2.45, 2.75) is 0 Å². The summed E-state index contributed by atoms with van der Waals surface area (Å²) >= 11 is 0. The fourth-order valence-electron chi connectivity index (χ4n) is 2.23. The van der Waals surface area contributed by atoms with E-state index in [0.29, 0.717) is 0 Å². The molecule has 0 aliphatic rings. The normalized spacial score (nSPS) is 10.4. The van der Waals surface area contributed by atoms with Gasteiger partial charge in [0.15, 0.2) is 0 Å². The van der Waals surface area contributed by atoms with Gasteiger partial charge in [-0.3, -0.25) is 0 Å². The van der Waals surface area contributed by atoms with Gasteiger partial charge in [0.05, 0.1) is 12.8 Å². The van der Waals surface area contributed by atoms with Gasteiger partial charge in [0.2, 0.25) is 0 Å². The van der Waals surface area contributed by atoms with E-state index < -0.39 is 0 Å². The zero-order valence-electron chi connectivity index (χ0n) is 10.8. The predicted molar refractivity (Wildman–Crippen MR) is 80.2 cm³/mol. The third kappa shape index (κ3) is 2.25.